The first-order chi connectivity index (χ1) is 6.39. The van der Waals surface area contributed by atoms with Crippen LogP contribution >= 0.6 is 0 Å². The average molecular weight is 204 g/mol. The molecule has 0 radical (unpaired) electrons. The first-order valence-electron chi connectivity index (χ1n) is 4.17. The van der Waals surface area contributed by atoms with Gasteiger partial charge in [-0.3, -0.25) is 4.98 Å². The lowest BCUT2D eigenvalue weighted by Gasteiger charge is -2.07. The van der Waals surface area contributed by atoms with E-state index in [1.807, 2.05) is 0 Å². The van der Waals surface area contributed by atoms with Crippen molar-refractivity contribution in [2.24, 2.45) is 5.73 Å². The highest BCUT2D eigenvalue weighted by Crippen LogP contribution is 2.28. The Bertz CT molecular complexity index is 290. The molecule has 1 rings (SSSR count). The summed E-state index contributed by atoms with van der Waals surface area (Å²) in [5, 5.41) is 0. The number of alkyl halides is 3. The molecule has 0 saturated heterocycles. The SMILES string of the molecule is C[C@@H](N)Cc1ccc(C(F)(F)F)cn1. The minimum Gasteiger partial charge on any atom is -0.328 e. The average Bonchev–Trinajstić information content (AvgIpc) is 2.02. The molecule has 0 fully saturated rings. The molecule has 0 aromatic carbocycles. The monoisotopic (exact) mass is 204 g/mol. The van der Waals surface area contributed by atoms with Crippen molar-refractivity contribution < 1.29 is 13.2 Å². The molecule has 0 aliphatic rings. The molecule has 0 saturated carbocycles. The second-order valence-electron chi connectivity index (χ2n) is 3.22. The third kappa shape index (κ3) is 2.99. The molecule has 0 bridgehead atoms. The Balaban J connectivity index is 2.79. The fourth-order valence-corrected chi connectivity index (χ4v) is 1.04. The molecule has 14 heavy (non-hydrogen) atoms. The third-order valence-corrected chi connectivity index (χ3v) is 1.68. The Morgan fingerprint density at radius 1 is 1.43 bits per heavy atom. The van der Waals surface area contributed by atoms with E-state index in [0.29, 0.717) is 12.1 Å². The number of hydrogen-bond acceptors (Lipinski definition) is 2. The Morgan fingerprint density at radius 2 is 2.07 bits per heavy atom. The zero-order valence-corrected chi connectivity index (χ0v) is 7.67. The number of halogens is 3. The zero-order chi connectivity index (χ0) is 10.8. The van der Waals surface area contributed by atoms with Crippen molar-refractivity contribution in [2.75, 3.05) is 0 Å². The van der Waals surface area contributed by atoms with E-state index < -0.39 is 11.7 Å². The fraction of sp³-hybridized carbons (Fsp3) is 0.444. The van der Waals surface area contributed by atoms with Crippen molar-refractivity contribution in [1.29, 1.82) is 0 Å². The van der Waals surface area contributed by atoms with Gasteiger partial charge in [-0.05, 0) is 19.1 Å². The Kier molecular flexibility index (Phi) is 3.10. The van der Waals surface area contributed by atoms with Crippen LogP contribution in [0, 0.1) is 0 Å². The van der Waals surface area contributed by atoms with Crippen molar-refractivity contribution in [3.63, 3.8) is 0 Å². The minimum absolute atomic E-state index is 0.0979. The van der Waals surface area contributed by atoms with Crippen molar-refractivity contribution in [2.45, 2.75) is 25.6 Å². The normalized spacial score (nSPS) is 14.1. The summed E-state index contributed by atoms with van der Waals surface area (Å²) in [6, 6.07) is 2.27. The number of hydrogen-bond donors (Lipinski definition) is 1. The summed E-state index contributed by atoms with van der Waals surface area (Å²) < 4.78 is 36.4. The zero-order valence-electron chi connectivity index (χ0n) is 7.67. The molecular weight excluding hydrogens is 193 g/mol. The summed E-state index contributed by atoms with van der Waals surface area (Å²) in [5.74, 6) is 0. The van der Waals surface area contributed by atoms with E-state index >= 15 is 0 Å². The van der Waals surface area contributed by atoms with Gasteiger partial charge in [0.2, 0.25) is 0 Å². The van der Waals surface area contributed by atoms with Crippen LogP contribution in [-0.4, -0.2) is 11.0 Å². The fourth-order valence-electron chi connectivity index (χ4n) is 1.04. The summed E-state index contributed by atoms with van der Waals surface area (Å²) in [4.78, 5) is 3.69. The van der Waals surface area contributed by atoms with Gasteiger partial charge in [0.15, 0.2) is 0 Å². The van der Waals surface area contributed by atoms with Gasteiger partial charge >= 0.3 is 6.18 Å². The van der Waals surface area contributed by atoms with Gasteiger partial charge < -0.3 is 5.73 Å². The summed E-state index contributed by atoms with van der Waals surface area (Å²) in [5.41, 5.74) is 5.33. The van der Waals surface area contributed by atoms with Crippen LogP contribution in [0.2, 0.25) is 0 Å². The van der Waals surface area contributed by atoms with E-state index in [1.54, 1.807) is 6.92 Å². The Hall–Kier alpha value is -1.10. The maximum atomic E-state index is 12.1. The van der Waals surface area contributed by atoms with E-state index in [0.717, 1.165) is 12.3 Å². The van der Waals surface area contributed by atoms with Crippen LogP contribution in [0.25, 0.3) is 0 Å². The molecule has 2 nitrogen and oxygen atoms in total. The van der Waals surface area contributed by atoms with Gasteiger partial charge in [-0.2, -0.15) is 13.2 Å². The van der Waals surface area contributed by atoms with Gasteiger partial charge in [-0.25, -0.2) is 0 Å². The van der Waals surface area contributed by atoms with Crippen LogP contribution in [0.5, 0.6) is 0 Å². The highest BCUT2D eigenvalue weighted by atomic mass is 19.4. The topological polar surface area (TPSA) is 38.9 Å². The number of pyridine rings is 1. The van der Waals surface area contributed by atoms with E-state index in [9.17, 15) is 13.2 Å². The van der Waals surface area contributed by atoms with Crippen LogP contribution in [0.15, 0.2) is 18.3 Å². The molecule has 1 heterocycles. The quantitative estimate of drug-likeness (QED) is 0.800. The second kappa shape index (κ2) is 3.96. The number of nitrogens with two attached hydrogens (primary N) is 1. The maximum absolute atomic E-state index is 12.1. The summed E-state index contributed by atoms with van der Waals surface area (Å²) in [6.07, 6.45) is -3.00. The molecule has 5 heteroatoms. The van der Waals surface area contributed by atoms with Gasteiger partial charge in [0, 0.05) is 24.4 Å². The molecule has 0 aliphatic heterocycles. The van der Waals surface area contributed by atoms with Gasteiger partial charge in [-0.15, -0.1) is 0 Å². The standard InChI is InChI=1S/C9H11F3N2/c1-6(13)4-8-3-2-7(5-14-8)9(10,11)12/h2-3,5-6H,4,13H2,1H3/t6-/m1/s1. The Labute approximate surface area is 79.9 Å². The van der Waals surface area contributed by atoms with Gasteiger partial charge in [0.1, 0.15) is 0 Å². The number of rotatable bonds is 2. The number of aromatic nitrogens is 1. The molecule has 0 aliphatic carbocycles. The lowest BCUT2D eigenvalue weighted by atomic mass is 10.1. The third-order valence-electron chi connectivity index (χ3n) is 1.68. The van der Waals surface area contributed by atoms with Crippen LogP contribution in [-0.2, 0) is 12.6 Å². The van der Waals surface area contributed by atoms with Gasteiger partial charge in [0.05, 0.1) is 5.56 Å². The van der Waals surface area contributed by atoms with E-state index in [4.69, 9.17) is 5.73 Å². The van der Waals surface area contributed by atoms with Crippen LogP contribution in [0.3, 0.4) is 0 Å². The first-order valence-corrected chi connectivity index (χ1v) is 4.17. The largest absolute Gasteiger partial charge is 0.417 e. The predicted octanol–water partition coefficient (Wildman–Crippen LogP) is 1.99. The Morgan fingerprint density at radius 3 is 2.43 bits per heavy atom. The molecule has 0 spiro atoms. The van der Waals surface area contributed by atoms with Crippen molar-refractivity contribution in [3.05, 3.63) is 29.6 Å². The van der Waals surface area contributed by atoms with E-state index in [-0.39, 0.29) is 6.04 Å². The summed E-state index contributed by atoms with van der Waals surface area (Å²) in [6.45, 7) is 1.78. The molecule has 0 unspecified atom stereocenters. The molecule has 1 atom stereocenters. The molecule has 2 N–H and O–H groups in total. The van der Waals surface area contributed by atoms with Crippen LogP contribution < -0.4 is 5.73 Å². The highest BCUT2D eigenvalue weighted by molar-refractivity contribution is 5.17. The van der Waals surface area contributed by atoms with Crippen molar-refractivity contribution in [1.82, 2.24) is 4.98 Å². The smallest absolute Gasteiger partial charge is 0.328 e. The van der Waals surface area contributed by atoms with Crippen molar-refractivity contribution >= 4 is 0 Å². The first kappa shape index (κ1) is 11.0. The summed E-state index contributed by atoms with van der Waals surface area (Å²) >= 11 is 0. The lowest BCUT2D eigenvalue weighted by Crippen LogP contribution is -2.18. The van der Waals surface area contributed by atoms with E-state index in [2.05, 4.69) is 4.98 Å². The highest BCUT2D eigenvalue weighted by Gasteiger charge is 2.30. The number of nitrogens with zero attached hydrogens (tertiary/aromatic N) is 1. The molecule has 78 valence electrons. The summed E-state index contributed by atoms with van der Waals surface area (Å²) in [7, 11) is 0. The second-order valence-corrected chi connectivity index (χ2v) is 3.22. The van der Waals surface area contributed by atoms with Gasteiger partial charge in [0.25, 0.3) is 0 Å². The molecule has 1 aromatic heterocycles. The van der Waals surface area contributed by atoms with Crippen molar-refractivity contribution in [3.8, 4) is 0 Å². The predicted molar refractivity (Wildman–Crippen MR) is 46.6 cm³/mol. The van der Waals surface area contributed by atoms with Gasteiger partial charge in [-0.1, -0.05) is 0 Å². The van der Waals surface area contributed by atoms with Crippen LogP contribution in [0.4, 0.5) is 13.2 Å². The maximum Gasteiger partial charge on any atom is 0.417 e. The van der Waals surface area contributed by atoms with Crippen LogP contribution in [0.1, 0.15) is 18.2 Å². The minimum atomic E-state index is -4.32. The van der Waals surface area contributed by atoms with E-state index in [1.165, 1.54) is 6.07 Å². The lowest BCUT2D eigenvalue weighted by molar-refractivity contribution is -0.137. The molecule has 0 amide bonds. The molecule has 1 aromatic rings. The molecular formula is C9H11F3N2.